The Morgan fingerprint density at radius 2 is 1.71 bits per heavy atom. The summed E-state index contributed by atoms with van der Waals surface area (Å²) < 4.78 is 46.0. The van der Waals surface area contributed by atoms with Gasteiger partial charge in [-0.3, -0.25) is 4.79 Å². The van der Waals surface area contributed by atoms with Crippen LogP contribution in [0.3, 0.4) is 0 Å². The van der Waals surface area contributed by atoms with Gasteiger partial charge in [0.15, 0.2) is 14.9 Å². The van der Waals surface area contributed by atoms with Crippen molar-refractivity contribution in [2.75, 3.05) is 24.4 Å². The highest BCUT2D eigenvalue weighted by Gasteiger charge is 2.28. The van der Waals surface area contributed by atoms with Crippen molar-refractivity contribution >= 4 is 25.8 Å². The smallest absolute Gasteiger partial charge is 0.318 e. The first-order valence-electron chi connectivity index (χ1n) is 4.81. The predicted octanol–water partition coefficient (Wildman–Crippen LogP) is -0.639. The lowest BCUT2D eigenvalue weighted by atomic mass is 10.2. The Bertz CT molecular complexity index is 464. The number of sulfonamides is 1. The van der Waals surface area contributed by atoms with Gasteiger partial charge in [-0.1, -0.05) is 13.8 Å². The molecule has 0 heterocycles. The summed E-state index contributed by atoms with van der Waals surface area (Å²) >= 11 is 0. The van der Waals surface area contributed by atoms with Crippen molar-refractivity contribution in [2.45, 2.75) is 13.8 Å². The zero-order chi connectivity index (χ0) is 13.9. The topological polar surface area (TPSA) is 109 Å². The van der Waals surface area contributed by atoms with E-state index in [0.29, 0.717) is 4.31 Å². The van der Waals surface area contributed by atoms with E-state index >= 15 is 0 Å². The molecule has 0 aromatic rings. The summed E-state index contributed by atoms with van der Waals surface area (Å²) in [5, 5.41) is 7.53. The predicted molar refractivity (Wildman–Crippen MR) is 62.7 cm³/mol. The van der Waals surface area contributed by atoms with Gasteiger partial charge >= 0.3 is 5.97 Å². The van der Waals surface area contributed by atoms with Crippen molar-refractivity contribution in [3.63, 3.8) is 0 Å². The molecule has 7 nitrogen and oxygen atoms in total. The average Bonchev–Trinajstić information content (AvgIpc) is 1.95. The third-order valence-corrected chi connectivity index (χ3v) is 5.61. The van der Waals surface area contributed by atoms with Crippen LogP contribution in [0.5, 0.6) is 0 Å². The highest BCUT2D eigenvalue weighted by Crippen LogP contribution is 2.08. The van der Waals surface area contributed by atoms with Gasteiger partial charge < -0.3 is 5.11 Å². The van der Waals surface area contributed by atoms with Crippen molar-refractivity contribution in [1.82, 2.24) is 4.31 Å². The summed E-state index contributed by atoms with van der Waals surface area (Å²) in [5.41, 5.74) is 0. The minimum Gasteiger partial charge on any atom is -0.480 e. The molecule has 0 radical (unpaired) electrons. The zero-order valence-electron chi connectivity index (χ0n) is 9.95. The Morgan fingerprint density at radius 1 is 1.24 bits per heavy atom. The SMILES string of the molecule is CC(C)CN(CC(=O)O)S(=O)(=O)CS(C)(=O)=O. The number of hydrogen-bond donors (Lipinski definition) is 1. The Morgan fingerprint density at radius 3 is 2.00 bits per heavy atom. The maximum absolute atomic E-state index is 11.7. The van der Waals surface area contributed by atoms with Crippen molar-refractivity contribution in [2.24, 2.45) is 5.92 Å². The van der Waals surface area contributed by atoms with E-state index in [1.54, 1.807) is 13.8 Å². The Labute approximate surface area is 101 Å². The number of nitrogens with zero attached hydrogens (tertiary/aromatic N) is 1. The van der Waals surface area contributed by atoms with E-state index in [9.17, 15) is 21.6 Å². The Balaban J connectivity index is 5.09. The molecule has 0 fully saturated rings. The molecule has 0 aliphatic carbocycles. The molecular weight excluding hydrogens is 270 g/mol. The average molecular weight is 287 g/mol. The van der Waals surface area contributed by atoms with Crippen molar-refractivity contribution < 1.29 is 26.7 Å². The number of carboxylic acid groups (broad SMARTS) is 1. The Kier molecular flexibility index (Phi) is 5.56. The van der Waals surface area contributed by atoms with Gasteiger partial charge in [-0.2, -0.15) is 4.31 Å². The molecule has 0 unspecified atom stereocenters. The van der Waals surface area contributed by atoms with E-state index in [2.05, 4.69) is 0 Å². The van der Waals surface area contributed by atoms with Crippen LogP contribution in [0.15, 0.2) is 0 Å². The van der Waals surface area contributed by atoms with Crippen LogP contribution in [0.1, 0.15) is 13.8 Å². The molecular formula is C8H17NO6S2. The minimum atomic E-state index is -4.11. The fourth-order valence-electron chi connectivity index (χ4n) is 1.18. The second kappa shape index (κ2) is 5.78. The normalized spacial score (nSPS) is 13.2. The summed E-state index contributed by atoms with van der Waals surface area (Å²) in [7, 11) is -7.83. The quantitative estimate of drug-likeness (QED) is 0.667. The van der Waals surface area contributed by atoms with Crippen molar-refractivity contribution in [3.8, 4) is 0 Å². The molecule has 0 aromatic carbocycles. The van der Waals surface area contributed by atoms with Gasteiger partial charge in [-0.05, 0) is 5.92 Å². The first kappa shape index (κ1) is 16.3. The summed E-state index contributed by atoms with van der Waals surface area (Å²) in [6.07, 6.45) is 0.791. The number of aliphatic carboxylic acids is 1. The zero-order valence-corrected chi connectivity index (χ0v) is 11.6. The van der Waals surface area contributed by atoms with Crippen LogP contribution in [0.25, 0.3) is 0 Å². The third-order valence-electron chi connectivity index (χ3n) is 1.64. The van der Waals surface area contributed by atoms with Crippen LogP contribution in [0.2, 0.25) is 0 Å². The second-order valence-corrected chi connectivity index (χ2v) is 8.71. The van der Waals surface area contributed by atoms with Gasteiger partial charge in [0.1, 0.15) is 6.54 Å². The highest BCUT2D eigenvalue weighted by atomic mass is 32.3. The van der Waals surface area contributed by atoms with Crippen LogP contribution in [-0.2, 0) is 24.7 Å². The maximum Gasteiger partial charge on any atom is 0.318 e. The van der Waals surface area contributed by atoms with Crippen LogP contribution >= 0.6 is 0 Å². The monoisotopic (exact) mass is 287 g/mol. The molecule has 0 aliphatic heterocycles. The fraction of sp³-hybridized carbons (Fsp3) is 0.875. The maximum atomic E-state index is 11.7. The standard InChI is InChI=1S/C8H17NO6S2/c1-7(2)4-9(5-8(10)11)17(14,15)6-16(3,12)13/h7H,4-6H2,1-3H3,(H,10,11). The summed E-state index contributed by atoms with van der Waals surface area (Å²) in [6.45, 7) is 2.68. The van der Waals surface area contributed by atoms with E-state index in [1.165, 1.54) is 0 Å². The van der Waals surface area contributed by atoms with Gasteiger partial charge in [-0.25, -0.2) is 16.8 Å². The van der Waals surface area contributed by atoms with Gasteiger partial charge in [-0.15, -0.1) is 0 Å². The number of sulfone groups is 1. The van der Waals surface area contributed by atoms with Crippen molar-refractivity contribution in [1.29, 1.82) is 0 Å². The molecule has 0 bridgehead atoms. The van der Waals surface area contributed by atoms with E-state index in [4.69, 9.17) is 5.11 Å². The molecule has 102 valence electrons. The third kappa shape index (κ3) is 7.29. The number of carboxylic acids is 1. The fourth-order valence-corrected chi connectivity index (χ4v) is 4.77. The van der Waals surface area contributed by atoms with E-state index < -0.39 is 37.5 Å². The number of carbonyl (C=O) groups is 1. The van der Waals surface area contributed by atoms with E-state index in [-0.39, 0.29) is 12.5 Å². The lowest BCUT2D eigenvalue weighted by molar-refractivity contribution is -0.137. The molecule has 1 N–H and O–H groups in total. The first-order valence-corrected chi connectivity index (χ1v) is 8.48. The molecule has 0 aliphatic rings. The molecule has 0 saturated carbocycles. The summed E-state index contributed by atoms with van der Waals surface area (Å²) in [6, 6.07) is 0. The number of rotatable bonds is 7. The largest absolute Gasteiger partial charge is 0.480 e. The molecule has 0 saturated heterocycles. The van der Waals surface area contributed by atoms with Gasteiger partial charge in [0.2, 0.25) is 10.0 Å². The van der Waals surface area contributed by atoms with Crippen LogP contribution < -0.4 is 0 Å². The minimum absolute atomic E-state index is 0.0237. The van der Waals surface area contributed by atoms with E-state index in [0.717, 1.165) is 6.26 Å². The summed E-state index contributed by atoms with van der Waals surface area (Å²) in [5.74, 6) is -1.41. The molecule has 0 amide bonds. The van der Waals surface area contributed by atoms with Gasteiger partial charge in [0.25, 0.3) is 0 Å². The lowest BCUT2D eigenvalue weighted by Crippen LogP contribution is -2.40. The molecule has 0 spiro atoms. The Hall–Kier alpha value is -0.670. The van der Waals surface area contributed by atoms with Crippen LogP contribution in [0.4, 0.5) is 0 Å². The molecule has 0 rings (SSSR count). The van der Waals surface area contributed by atoms with E-state index in [1.807, 2.05) is 0 Å². The van der Waals surface area contributed by atoms with Crippen LogP contribution in [-0.4, -0.2) is 56.6 Å². The molecule has 0 aromatic heterocycles. The van der Waals surface area contributed by atoms with Crippen LogP contribution in [0, 0.1) is 5.92 Å². The molecule has 17 heavy (non-hydrogen) atoms. The second-order valence-electron chi connectivity index (χ2n) is 4.24. The van der Waals surface area contributed by atoms with Gasteiger partial charge in [0, 0.05) is 12.8 Å². The lowest BCUT2D eigenvalue weighted by Gasteiger charge is -2.21. The molecule has 0 atom stereocenters. The first-order chi connectivity index (χ1) is 7.44. The van der Waals surface area contributed by atoms with Crippen molar-refractivity contribution in [3.05, 3.63) is 0 Å². The summed E-state index contributed by atoms with van der Waals surface area (Å²) in [4.78, 5) is 10.5. The van der Waals surface area contributed by atoms with Gasteiger partial charge in [0.05, 0.1) is 0 Å². The number of hydrogen-bond acceptors (Lipinski definition) is 5. The highest BCUT2D eigenvalue weighted by molar-refractivity contribution is 8.06. The molecule has 9 heteroatoms.